The van der Waals surface area contributed by atoms with E-state index >= 15 is 0 Å². The molecule has 0 aliphatic carbocycles. The van der Waals surface area contributed by atoms with Gasteiger partial charge in [0.2, 0.25) is 5.91 Å². The van der Waals surface area contributed by atoms with Gasteiger partial charge in [-0.15, -0.1) is 0 Å². The zero-order valence-electron chi connectivity index (χ0n) is 19.8. The summed E-state index contributed by atoms with van der Waals surface area (Å²) >= 11 is 12.1. The number of rotatable bonds is 11. The highest BCUT2D eigenvalue weighted by Gasteiger charge is 2.24. The van der Waals surface area contributed by atoms with Crippen LogP contribution in [0.25, 0.3) is 0 Å². The van der Waals surface area contributed by atoms with Gasteiger partial charge in [-0.1, -0.05) is 41.4 Å². The van der Waals surface area contributed by atoms with Gasteiger partial charge in [-0.2, -0.15) is 0 Å². The predicted molar refractivity (Wildman–Crippen MR) is 138 cm³/mol. The Bertz CT molecular complexity index is 1100. The van der Waals surface area contributed by atoms with E-state index in [2.05, 4.69) is 15.6 Å². The van der Waals surface area contributed by atoms with E-state index in [1.807, 2.05) is 0 Å². The molecule has 1 heterocycles. The number of nitrogens with zero attached hydrogens (tertiary/aromatic N) is 2. The summed E-state index contributed by atoms with van der Waals surface area (Å²) in [5.74, 6) is -0.312. The molecule has 0 saturated carbocycles. The quantitative estimate of drug-likeness (QED) is 0.381. The van der Waals surface area contributed by atoms with Crippen LogP contribution < -0.4 is 15.4 Å². The molecule has 1 aliphatic rings. The molecule has 2 aromatic carbocycles. The van der Waals surface area contributed by atoms with Crippen molar-refractivity contribution in [1.82, 2.24) is 15.5 Å². The Morgan fingerprint density at radius 2 is 1.83 bits per heavy atom. The first-order valence-corrected chi connectivity index (χ1v) is 12.2. The van der Waals surface area contributed by atoms with Crippen molar-refractivity contribution in [3.63, 3.8) is 0 Å². The minimum Gasteiger partial charge on any atom is -0.494 e. The van der Waals surface area contributed by atoms with Crippen molar-refractivity contribution >= 4 is 46.8 Å². The molecule has 0 radical (unpaired) electrons. The number of amides is 2. The maximum atomic E-state index is 12.6. The average Bonchev–Trinajstić information content (AvgIpc) is 2.84. The molecule has 1 aliphatic heterocycles. The molecule has 1 atom stereocenters. The van der Waals surface area contributed by atoms with Crippen molar-refractivity contribution in [2.45, 2.75) is 25.3 Å². The lowest BCUT2D eigenvalue weighted by Gasteiger charge is -2.22. The molecular weight excluding hydrogens is 507 g/mol. The number of carboxylic acid groups (broad SMARTS) is 1. The first kappa shape index (κ1) is 27.3. The van der Waals surface area contributed by atoms with E-state index < -0.39 is 17.9 Å². The summed E-state index contributed by atoms with van der Waals surface area (Å²) in [5, 5.41) is 15.6. The molecule has 0 unspecified atom stereocenters. The molecule has 9 nitrogen and oxygen atoms in total. The summed E-state index contributed by atoms with van der Waals surface area (Å²) < 4.78 is 5.76. The van der Waals surface area contributed by atoms with Gasteiger partial charge in [0.1, 0.15) is 24.2 Å². The fourth-order valence-corrected chi connectivity index (χ4v) is 4.08. The number of ether oxygens (including phenoxy) is 1. The Kier molecular flexibility index (Phi) is 9.95. The van der Waals surface area contributed by atoms with Gasteiger partial charge in [-0.25, -0.2) is 4.79 Å². The third-order valence-electron chi connectivity index (χ3n) is 5.54. The van der Waals surface area contributed by atoms with Crippen LogP contribution in [-0.2, 0) is 16.0 Å². The van der Waals surface area contributed by atoms with Crippen molar-refractivity contribution in [3.8, 4) is 5.75 Å². The summed E-state index contributed by atoms with van der Waals surface area (Å²) in [7, 11) is 1.76. The number of carbonyl (C=O) groups is 3. The van der Waals surface area contributed by atoms with E-state index in [9.17, 15) is 19.5 Å². The minimum absolute atomic E-state index is 0.0187. The van der Waals surface area contributed by atoms with Crippen molar-refractivity contribution in [2.75, 3.05) is 33.3 Å². The highest BCUT2D eigenvalue weighted by atomic mass is 35.5. The Morgan fingerprint density at radius 1 is 1.14 bits per heavy atom. The molecule has 0 aromatic heterocycles. The average molecular weight is 535 g/mol. The monoisotopic (exact) mass is 534 g/mol. The maximum Gasteiger partial charge on any atom is 0.326 e. The number of hydrogen-bond acceptors (Lipinski definition) is 6. The Balaban J connectivity index is 1.42. The van der Waals surface area contributed by atoms with E-state index in [0.717, 1.165) is 30.8 Å². The lowest BCUT2D eigenvalue weighted by atomic mass is 10.1. The molecule has 36 heavy (non-hydrogen) atoms. The number of hydrogen-bond donors (Lipinski definition) is 3. The third kappa shape index (κ3) is 7.86. The number of aliphatic imine (C=N–C) groups is 1. The second-order valence-corrected chi connectivity index (χ2v) is 9.12. The molecule has 0 bridgehead atoms. The Morgan fingerprint density at radius 3 is 2.47 bits per heavy atom. The highest BCUT2D eigenvalue weighted by molar-refractivity contribution is 6.39. The molecule has 3 N–H and O–H groups in total. The molecular formula is C25H28Cl2N4O5. The van der Waals surface area contributed by atoms with Gasteiger partial charge in [0, 0.05) is 20.0 Å². The van der Waals surface area contributed by atoms with E-state index in [1.54, 1.807) is 42.3 Å². The molecule has 0 spiro atoms. The molecule has 192 valence electrons. The summed E-state index contributed by atoms with van der Waals surface area (Å²) in [6.07, 6.45) is 1.79. The number of benzene rings is 2. The zero-order chi connectivity index (χ0) is 26.1. The summed E-state index contributed by atoms with van der Waals surface area (Å²) in [4.78, 5) is 41.6. The van der Waals surface area contributed by atoms with Gasteiger partial charge in [-0.05, 0) is 42.7 Å². The minimum atomic E-state index is -1.17. The van der Waals surface area contributed by atoms with Crippen LogP contribution in [0.5, 0.6) is 5.75 Å². The maximum absolute atomic E-state index is 12.6. The van der Waals surface area contributed by atoms with Crippen molar-refractivity contribution in [3.05, 3.63) is 63.6 Å². The van der Waals surface area contributed by atoms with Crippen LogP contribution in [0.4, 0.5) is 0 Å². The van der Waals surface area contributed by atoms with E-state index in [-0.39, 0.29) is 34.5 Å². The van der Waals surface area contributed by atoms with Crippen LogP contribution in [0.3, 0.4) is 0 Å². The number of unbranched alkanes of at least 4 members (excludes halogenated alkanes) is 1. The predicted octanol–water partition coefficient (Wildman–Crippen LogP) is 3.04. The second kappa shape index (κ2) is 13.1. The normalized spacial score (nSPS) is 14.1. The fraction of sp³-hybridized carbons (Fsp3) is 0.360. The number of aliphatic carboxylic acids is 1. The van der Waals surface area contributed by atoms with Gasteiger partial charge >= 0.3 is 5.97 Å². The number of carbonyl (C=O) groups excluding carboxylic acids is 2. The van der Waals surface area contributed by atoms with E-state index in [4.69, 9.17) is 27.9 Å². The van der Waals surface area contributed by atoms with E-state index in [1.165, 1.54) is 12.1 Å². The number of amidine groups is 1. The molecule has 11 heteroatoms. The smallest absolute Gasteiger partial charge is 0.326 e. The summed E-state index contributed by atoms with van der Waals surface area (Å²) in [5.41, 5.74) is 0.765. The standard InChI is InChI=1S/C25H28Cl2N4O5/c1-31-15-21(29-14-22(31)32)28-11-2-3-12-36-17-9-7-16(8-10-17)13-20(25(34)35)30-24(33)23-18(26)5-4-6-19(23)27/h4-10,20H,2-3,11-15H2,1H3,(H,28,29)(H,30,33)(H,34,35)/t20-/m0/s1. The van der Waals surface area contributed by atoms with Gasteiger partial charge in [0.05, 0.1) is 28.8 Å². The van der Waals surface area contributed by atoms with Crippen molar-refractivity contribution < 1.29 is 24.2 Å². The first-order valence-electron chi connectivity index (χ1n) is 11.4. The number of halogens is 2. The zero-order valence-corrected chi connectivity index (χ0v) is 21.3. The lowest BCUT2D eigenvalue weighted by molar-refractivity contribution is -0.139. The summed E-state index contributed by atoms with van der Waals surface area (Å²) in [6, 6.07) is 10.5. The lowest BCUT2D eigenvalue weighted by Crippen LogP contribution is -2.44. The SMILES string of the molecule is CN1CC(NCCCCOc2ccc(C[C@H](NC(=O)c3c(Cl)cccc3Cl)C(=O)O)cc2)=NCC1=O. The topological polar surface area (TPSA) is 120 Å². The molecule has 3 rings (SSSR count). The second-order valence-electron chi connectivity index (χ2n) is 8.30. The number of likely N-dealkylation sites (N-methyl/N-ethyl adjacent to an activating group) is 1. The van der Waals surface area contributed by atoms with Gasteiger partial charge < -0.3 is 25.4 Å². The Hall–Kier alpha value is -3.30. The molecule has 2 amide bonds. The van der Waals surface area contributed by atoms with Crippen molar-refractivity contribution in [1.29, 1.82) is 0 Å². The van der Waals surface area contributed by atoms with Crippen LogP contribution in [0, 0.1) is 0 Å². The van der Waals surface area contributed by atoms with Crippen LogP contribution in [0.1, 0.15) is 28.8 Å². The van der Waals surface area contributed by atoms with Crippen molar-refractivity contribution in [2.24, 2.45) is 4.99 Å². The van der Waals surface area contributed by atoms with Crippen LogP contribution >= 0.6 is 23.2 Å². The Labute approximate surface area is 219 Å². The van der Waals surface area contributed by atoms with E-state index in [0.29, 0.717) is 18.9 Å². The fourth-order valence-electron chi connectivity index (χ4n) is 3.51. The van der Waals surface area contributed by atoms with Crippen LogP contribution in [-0.4, -0.2) is 73.0 Å². The third-order valence-corrected chi connectivity index (χ3v) is 6.17. The number of carboxylic acids is 1. The van der Waals surface area contributed by atoms with Crippen LogP contribution in [0.15, 0.2) is 47.5 Å². The first-order chi connectivity index (χ1) is 17.2. The van der Waals surface area contributed by atoms with Gasteiger partial charge in [0.25, 0.3) is 5.91 Å². The number of nitrogens with one attached hydrogen (secondary N) is 2. The summed E-state index contributed by atoms with van der Waals surface area (Å²) in [6.45, 7) is 1.96. The molecule has 2 aromatic rings. The van der Waals surface area contributed by atoms with Gasteiger partial charge in [0.15, 0.2) is 0 Å². The van der Waals surface area contributed by atoms with Gasteiger partial charge in [-0.3, -0.25) is 14.6 Å². The van der Waals surface area contributed by atoms with Crippen LogP contribution in [0.2, 0.25) is 10.0 Å². The molecule has 0 fully saturated rings. The largest absolute Gasteiger partial charge is 0.494 e. The molecule has 0 saturated heterocycles. The highest BCUT2D eigenvalue weighted by Crippen LogP contribution is 2.24.